The normalized spacial score (nSPS) is 12.8. The van der Waals surface area contributed by atoms with E-state index in [1.165, 1.54) is 10.0 Å². The summed E-state index contributed by atoms with van der Waals surface area (Å²) < 4.78 is 31.6. The molecule has 0 aromatic carbocycles. The molecule has 0 aromatic rings. The van der Waals surface area contributed by atoms with E-state index in [9.17, 15) is 0 Å². The van der Waals surface area contributed by atoms with Crippen LogP contribution in [0.1, 0.15) is 6.92 Å². The molecule has 0 aliphatic rings. The minimum absolute atomic E-state index is 0.317. The largest absolute Gasteiger partial charge is 0.400 e. The maximum Gasteiger partial charge on any atom is 0.394 e. The Labute approximate surface area is 141 Å². The first-order valence-corrected chi connectivity index (χ1v) is 7.47. The molecule has 0 rings (SSSR count). The second-order valence-electron chi connectivity index (χ2n) is 3.64. The predicted octanol–water partition coefficient (Wildman–Crippen LogP) is -1.94. The summed E-state index contributed by atoms with van der Waals surface area (Å²) in [6.07, 6.45) is 1.55. The molecule has 0 fully saturated rings. The third-order valence-electron chi connectivity index (χ3n) is 1.85. The van der Waals surface area contributed by atoms with E-state index in [2.05, 4.69) is 20.2 Å². The van der Waals surface area contributed by atoms with Gasteiger partial charge in [0.05, 0.1) is 11.9 Å². The zero-order chi connectivity index (χ0) is 19.9. The number of aliphatic hydroxyl groups is 1. The predicted molar refractivity (Wildman–Crippen MR) is 94.5 cm³/mol. The van der Waals surface area contributed by atoms with Crippen LogP contribution < -0.4 is 11.5 Å². The van der Waals surface area contributed by atoms with Crippen molar-refractivity contribution in [2.75, 3.05) is 35.3 Å². The topological polar surface area (TPSA) is 203 Å². The highest BCUT2D eigenvalue weighted by Crippen LogP contribution is 1.87. The van der Waals surface area contributed by atoms with Crippen LogP contribution in [-0.4, -0.2) is 91.8 Å². The number of nitrogens with two attached hydrogens (primary N) is 2. The molecule has 0 spiro atoms. The smallest absolute Gasteiger partial charge is 0.394 e. The molecule has 0 aliphatic heterocycles. The van der Waals surface area contributed by atoms with E-state index in [-0.39, 0.29) is 0 Å². The number of aliphatic hydroxyl groups excluding tert-OH is 1. The van der Waals surface area contributed by atoms with Crippen molar-refractivity contribution in [1.82, 2.24) is 10.0 Å². The highest BCUT2D eigenvalue weighted by atomic mass is 32.3. The van der Waals surface area contributed by atoms with Gasteiger partial charge in [0, 0.05) is 35.3 Å². The molecule has 0 bridgehead atoms. The first-order valence-electron chi connectivity index (χ1n) is 6.08. The zero-order valence-corrected chi connectivity index (χ0v) is 15.3. The molecule has 142 valence electrons. The molecule has 0 atom stereocenters. The summed E-state index contributed by atoms with van der Waals surface area (Å²) in [5.41, 5.74) is 11.8. The van der Waals surface area contributed by atoms with Crippen LogP contribution in [0.2, 0.25) is 0 Å². The Morgan fingerprint density at radius 2 is 1.33 bits per heavy atom. The van der Waals surface area contributed by atoms with Crippen molar-refractivity contribution in [2.45, 2.75) is 6.92 Å². The van der Waals surface area contributed by atoms with Crippen LogP contribution in [0.5, 0.6) is 0 Å². The highest BCUT2D eigenvalue weighted by molar-refractivity contribution is 7.79. The molecule has 0 saturated carbocycles. The van der Waals surface area contributed by atoms with Gasteiger partial charge in [-0.25, -0.2) is 10.0 Å². The van der Waals surface area contributed by atoms with Crippen LogP contribution in [-0.2, 0) is 10.4 Å². The molecule has 0 aliphatic carbocycles. The van der Waals surface area contributed by atoms with Gasteiger partial charge in [0.1, 0.15) is 0 Å². The third kappa shape index (κ3) is 19.7. The number of rotatable bonds is 3. The summed E-state index contributed by atoms with van der Waals surface area (Å²) in [4.78, 5) is 7.58. The van der Waals surface area contributed by atoms with Crippen LogP contribution in [0.25, 0.3) is 0 Å². The number of nitrogens with zero attached hydrogens (tertiary/aromatic N) is 6. The van der Waals surface area contributed by atoms with E-state index in [4.69, 9.17) is 34.1 Å². The van der Waals surface area contributed by atoms with Crippen molar-refractivity contribution < 1.29 is 22.6 Å². The molecule has 0 saturated heterocycles. The van der Waals surface area contributed by atoms with E-state index in [0.29, 0.717) is 17.6 Å². The summed E-state index contributed by atoms with van der Waals surface area (Å²) in [6, 6.07) is 0. The molecule has 0 amide bonds. The first kappa shape index (κ1) is 26.6. The Kier molecular flexibility index (Phi) is 15.9. The van der Waals surface area contributed by atoms with Crippen LogP contribution in [0, 0.1) is 0 Å². The summed E-state index contributed by atoms with van der Waals surface area (Å²) in [5.74, 6) is 0.637. The molecule has 0 heterocycles. The molecule has 0 radical (unpaired) electrons. The minimum Gasteiger partial charge on any atom is -0.400 e. The molecule has 7 N–H and O–H groups in total. The monoisotopic (exact) mass is 370 g/mol. The molecule has 0 aromatic heterocycles. The Bertz CT molecular complexity index is 550. The fraction of sp³-hybridized carbons (Fsp3) is 0.600. The highest BCUT2D eigenvalue weighted by Gasteiger charge is 1.99. The van der Waals surface area contributed by atoms with Gasteiger partial charge in [0.2, 0.25) is 11.9 Å². The van der Waals surface area contributed by atoms with Crippen molar-refractivity contribution in [3.8, 4) is 0 Å². The molecule has 14 heteroatoms. The fourth-order valence-electron chi connectivity index (χ4n) is 0.832. The number of guanidine groups is 2. The Hall–Kier alpha value is -2.29. The molecule has 13 nitrogen and oxygen atoms in total. The maximum atomic E-state index is 8.74. The summed E-state index contributed by atoms with van der Waals surface area (Å²) in [7, 11) is 2.91. The maximum absolute atomic E-state index is 8.74. The number of hydrazone groups is 2. The SMILES string of the molecule is CN=C(N)N(C)/N=C(C)\C=N\N(C)C(N)=NC.CO.O=S(=O)(O)O. The van der Waals surface area contributed by atoms with Crippen LogP contribution in [0.15, 0.2) is 20.2 Å². The van der Waals surface area contributed by atoms with Crippen LogP contribution in [0.4, 0.5) is 0 Å². The average molecular weight is 370 g/mol. The summed E-state index contributed by atoms with van der Waals surface area (Å²) >= 11 is 0. The van der Waals surface area contributed by atoms with Crippen molar-refractivity contribution in [3.05, 3.63) is 0 Å². The van der Waals surface area contributed by atoms with Gasteiger partial charge in [-0.05, 0) is 6.92 Å². The third-order valence-corrected chi connectivity index (χ3v) is 1.85. The Morgan fingerprint density at radius 3 is 1.67 bits per heavy atom. The molecule has 24 heavy (non-hydrogen) atoms. The summed E-state index contributed by atoms with van der Waals surface area (Å²) in [6.45, 7) is 1.79. The van der Waals surface area contributed by atoms with Gasteiger partial charge < -0.3 is 16.6 Å². The first-order chi connectivity index (χ1) is 10.9. The summed E-state index contributed by atoms with van der Waals surface area (Å²) in [5, 5.41) is 18.1. The van der Waals surface area contributed by atoms with Crippen LogP contribution in [0.3, 0.4) is 0 Å². The second kappa shape index (κ2) is 14.3. The van der Waals surface area contributed by atoms with Crippen molar-refractivity contribution in [2.24, 2.45) is 31.7 Å². The van der Waals surface area contributed by atoms with Gasteiger partial charge in [0.15, 0.2) is 0 Å². The van der Waals surface area contributed by atoms with E-state index in [1.807, 2.05) is 0 Å². The van der Waals surface area contributed by atoms with Gasteiger partial charge in [-0.3, -0.25) is 19.1 Å². The Balaban J connectivity index is -0.000000534. The van der Waals surface area contributed by atoms with E-state index < -0.39 is 10.4 Å². The zero-order valence-electron chi connectivity index (χ0n) is 14.5. The van der Waals surface area contributed by atoms with Crippen LogP contribution >= 0.6 is 0 Å². The van der Waals surface area contributed by atoms with Crippen molar-refractivity contribution in [1.29, 1.82) is 0 Å². The average Bonchev–Trinajstić information content (AvgIpc) is 2.51. The molecular weight excluding hydrogens is 344 g/mol. The van der Waals surface area contributed by atoms with Gasteiger partial charge in [-0.15, -0.1) is 0 Å². The Morgan fingerprint density at radius 1 is 1.00 bits per heavy atom. The van der Waals surface area contributed by atoms with Gasteiger partial charge in [0.25, 0.3) is 0 Å². The van der Waals surface area contributed by atoms with Crippen molar-refractivity contribution in [3.63, 3.8) is 0 Å². The van der Waals surface area contributed by atoms with E-state index in [0.717, 1.165) is 7.11 Å². The molecule has 0 unspecified atom stereocenters. The lowest BCUT2D eigenvalue weighted by atomic mass is 10.5. The lowest BCUT2D eigenvalue weighted by Crippen LogP contribution is -2.31. The van der Waals surface area contributed by atoms with Gasteiger partial charge in [-0.1, -0.05) is 0 Å². The van der Waals surface area contributed by atoms with Gasteiger partial charge >= 0.3 is 10.4 Å². The lowest BCUT2D eigenvalue weighted by Gasteiger charge is -2.12. The van der Waals surface area contributed by atoms with Gasteiger partial charge in [-0.2, -0.15) is 18.6 Å². The molecular formula is C10H26N8O5S. The second-order valence-corrected chi connectivity index (χ2v) is 4.54. The number of hydrogen-bond acceptors (Lipinski definition) is 7. The number of hydrogen-bond donors (Lipinski definition) is 5. The fourth-order valence-corrected chi connectivity index (χ4v) is 0.832. The lowest BCUT2D eigenvalue weighted by molar-refractivity contribution is 0.381. The number of aliphatic imine (C=N–C) groups is 2. The quantitative estimate of drug-likeness (QED) is 0.162. The van der Waals surface area contributed by atoms with E-state index >= 15 is 0 Å². The minimum atomic E-state index is -4.67. The van der Waals surface area contributed by atoms with E-state index in [1.54, 1.807) is 41.3 Å². The standard InChI is InChI=1S/C9H20N8.CH4O.H2O4S/c1-7(15-17(5)9(11)13-3)6-14-16(4)8(10)12-2;1-2;1-5(2,3)4/h6H,1-5H3,(H2,10,12)(H2,11,13);2H,1H3;(H2,1,2,3,4)/b14-6+,15-7-;;. The van der Waals surface area contributed by atoms with Crippen molar-refractivity contribution >= 4 is 34.2 Å².